The summed E-state index contributed by atoms with van der Waals surface area (Å²) < 4.78 is 0. The van der Waals surface area contributed by atoms with E-state index in [1.807, 2.05) is 13.8 Å². The van der Waals surface area contributed by atoms with Crippen molar-refractivity contribution < 1.29 is 110 Å². The third kappa shape index (κ3) is 101. The molecule has 0 aliphatic heterocycles. The van der Waals surface area contributed by atoms with E-state index in [0.29, 0.717) is 0 Å². The number of halogens is 3. The van der Waals surface area contributed by atoms with Crippen molar-refractivity contribution in [3.05, 3.63) is 12.2 Å². The van der Waals surface area contributed by atoms with Gasteiger partial charge in [-0.3, -0.25) is 0 Å². The molecule has 0 amide bonds. The molecule has 0 radical (unpaired) electrons. The first kappa shape index (κ1) is 40.5. The molecule has 0 N–H and O–H groups in total. The van der Waals surface area contributed by atoms with E-state index in [1.54, 1.807) is 0 Å². The van der Waals surface area contributed by atoms with Crippen LogP contribution in [0, 0.1) is 0 Å². The summed E-state index contributed by atoms with van der Waals surface area (Å²) in [5.74, 6) is 0. The Kier molecular flexibility index (Phi) is 138. The Balaban J connectivity index is -0.00000000450. The third-order valence-electron chi connectivity index (χ3n) is 0. The van der Waals surface area contributed by atoms with E-state index in [-0.39, 0.29) is 110 Å². The van der Waals surface area contributed by atoms with Gasteiger partial charge in [0.2, 0.25) is 0 Å². The molecule has 0 unspecified atom stereocenters. The Labute approximate surface area is 133 Å². The van der Waals surface area contributed by atoms with Crippen molar-refractivity contribution in [2.45, 2.75) is 13.8 Å². The van der Waals surface area contributed by atoms with Gasteiger partial charge in [0.05, 0.1) is 0 Å². The summed E-state index contributed by atoms with van der Waals surface area (Å²) in [6, 6.07) is 0. The predicted molar refractivity (Wildman–Crippen MR) is 20.5 cm³/mol. The molecule has 0 heterocycles. The van der Waals surface area contributed by atoms with Gasteiger partial charge >= 0.3 is 72.4 Å². The summed E-state index contributed by atoms with van der Waals surface area (Å²) in [6.07, 6.45) is 0. The van der Waals surface area contributed by atoms with Crippen LogP contribution in [0.1, 0.15) is 13.8 Å². The van der Waals surface area contributed by atoms with Crippen LogP contribution in [0.15, 0.2) is 12.2 Å². The molecule has 0 bridgehead atoms. The van der Waals surface area contributed by atoms with Crippen LogP contribution in [-0.4, -0.2) is 0 Å². The summed E-state index contributed by atoms with van der Waals surface area (Å²) in [7, 11) is 0. The fourth-order valence-corrected chi connectivity index (χ4v) is 0. The van der Waals surface area contributed by atoms with Crippen molar-refractivity contribution in [3.63, 3.8) is 0 Å². The standard InChI is InChI=1S/C4H8.3ClH.K.Pt/c1-4(2)3;;;;;/h1H2,2-3H3;3*1H;;/q;;;;+1;+2/p-3. The van der Waals surface area contributed by atoms with Crippen molar-refractivity contribution in [1.82, 2.24) is 0 Å². The minimum atomic E-state index is 0. The zero-order valence-electron chi connectivity index (χ0n) is 5.66. The van der Waals surface area contributed by atoms with Gasteiger partial charge < -0.3 is 37.2 Å². The zero-order chi connectivity index (χ0) is 3.58. The fourth-order valence-electron chi connectivity index (χ4n) is 0. The summed E-state index contributed by atoms with van der Waals surface area (Å²) in [5, 5.41) is 0. The topological polar surface area (TPSA) is 0 Å². The predicted octanol–water partition coefficient (Wildman–Crippen LogP) is -10.4. The average molecular weight is 397 g/mol. The zero-order valence-corrected chi connectivity index (χ0v) is 13.3. The summed E-state index contributed by atoms with van der Waals surface area (Å²) in [5.41, 5.74) is 1.17. The molecule has 5 heteroatoms. The maximum atomic E-state index is 3.56. The molecule has 0 aliphatic carbocycles. The largest absolute Gasteiger partial charge is 2.00 e. The molecule has 0 aromatic carbocycles. The number of rotatable bonds is 0. The Hall–Kier alpha value is 2.93. The molecule has 0 aliphatic rings. The number of hydrogen-bond acceptors (Lipinski definition) is 0. The van der Waals surface area contributed by atoms with E-state index < -0.39 is 0 Å². The van der Waals surface area contributed by atoms with Crippen molar-refractivity contribution in [1.29, 1.82) is 0 Å². The molecular formula is C4H8Cl3KPt. The molecule has 0 spiro atoms. The first-order valence-corrected chi connectivity index (χ1v) is 1.35. The SMILES string of the molecule is C=C(C)C.[Cl-].[Cl-].[Cl-].[K+].[Pt+2]. The smallest absolute Gasteiger partial charge is 1.00 e. The van der Waals surface area contributed by atoms with Crippen LogP contribution in [0.25, 0.3) is 0 Å². The second-order valence-electron chi connectivity index (χ2n) is 1.21. The summed E-state index contributed by atoms with van der Waals surface area (Å²) >= 11 is 0. The van der Waals surface area contributed by atoms with Gasteiger partial charge in [0.25, 0.3) is 0 Å². The molecule has 0 atom stereocenters. The van der Waals surface area contributed by atoms with Crippen molar-refractivity contribution in [3.8, 4) is 0 Å². The van der Waals surface area contributed by atoms with Gasteiger partial charge in [-0.25, -0.2) is 0 Å². The quantitative estimate of drug-likeness (QED) is 0.282. The van der Waals surface area contributed by atoms with E-state index in [1.165, 1.54) is 5.57 Å². The molecule has 0 fully saturated rings. The van der Waals surface area contributed by atoms with Crippen LogP contribution < -0.4 is 88.6 Å². The van der Waals surface area contributed by atoms with Crippen LogP contribution in [0.5, 0.6) is 0 Å². The second-order valence-corrected chi connectivity index (χ2v) is 1.21. The minimum absolute atomic E-state index is 0. The van der Waals surface area contributed by atoms with Crippen LogP contribution in [0.3, 0.4) is 0 Å². The van der Waals surface area contributed by atoms with Crippen molar-refractivity contribution in [2.75, 3.05) is 0 Å². The Morgan fingerprint density at radius 1 is 1.00 bits per heavy atom. The summed E-state index contributed by atoms with van der Waals surface area (Å²) in [6.45, 7) is 7.50. The van der Waals surface area contributed by atoms with Gasteiger partial charge in [-0.15, -0.1) is 6.58 Å². The Bertz CT molecular complexity index is 38.8. The van der Waals surface area contributed by atoms with Crippen LogP contribution in [-0.2, 0) is 21.1 Å². The molecular weight excluding hydrogens is 389 g/mol. The van der Waals surface area contributed by atoms with E-state index in [2.05, 4.69) is 6.58 Å². The van der Waals surface area contributed by atoms with Gasteiger partial charge in [0.15, 0.2) is 0 Å². The van der Waals surface area contributed by atoms with Crippen molar-refractivity contribution in [2.24, 2.45) is 0 Å². The molecule has 0 aromatic rings. The van der Waals surface area contributed by atoms with Gasteiger partial charge in [0, 0.05) is 0 Å². The van der Waals surface area contributed by atoms with E-state index in [9.17, 15) is 0 Å². The number of allylic oxidation sites excluding steroid dienone is 1. The normalized spacial score (nSPS) is 2.89. The van der Waals surface area contributed by atoms with Gasteiger partial charge in [-0.1, -0.05) is 5.57 Å². The van der Waals surface area contributed by atoms with Gasteiger partial charge in [-0.05, 0) is 13.8 Å². The molecule has 56 valence electrons. The molecule has 0 nitrogen and oxygen atoms in total. The summed E-state index contributed by atoms with van der Waals surface area (Å²) in [4.78, 5) is 0. The molecule has 0 saturated carbocycles. The molecule has 0 saturated heterocycles. The van der Waals surface area contributed by atoms with Crippen molar-refractivity contribution >= 4 is 0 Å². The minimum Gasteiger partial charge on any atom is -1.00 e. The Morgan fingerprint density at radius 3 is 1.00 bits per heavy atom. The van der Waals surface area contributed by atoms with E-state index in [4.69, 9.17) is 0 Å². The first-order chi connectivity index (χ1) is 1.73. The van der Waals surface area contributed by atoms with Gasteiger partial charge in [0.1, 0.15) is 0 Å². The van der Waals surface area contributed by atoms with Crippen LogP contribution in [0.4, 0.5) is 0 Å². The van der Waals surface area contributed by atoms with Crippen LogP contribution >= 0.6 is 0 Å². The first-order valence-electron chi connectivity index (χ1n) is 1.35. The maximum absolute atomic E-state index is 3.56. The van der Waals surface area contributed by atoms with Crippen LogP contribution in [0.2, 0.25) is 0 Å². The number of hydrogen-bond donors (Lipinski definition) is 0. The van der Waals surface area contributed by atoms with Gasteiger partial charge in [-0.2, -0.15) is 0 Å². The molecule has 0 rings (SSSR count). The average Bonchev–Trinajstić information content (AvgIpc) is 0.811. The third-order valence-corrected chi connectivity index (χ3v) is 0. The fraction of sp³-hybridized carbons (Fsp3) is 0.500. The monoisotopic (exact) mass is 395 g/mol. The van der Waals surface area contributed by atoms with E-state index >= 15 is 0 Å². The second kappa shape index (κ2) is 30.6. The maximum Gasteiger partial charge on any atom is 2.00 e. The molecule has 0 aromatic heterocycles. The Morgan fingerprint density at radius 2 is 1.00 bits per heavy atom. The molecule has 9 heavy (non-hydrogen) atoms. The van der Waals surface area contributed by atoms with E-state index in [0.717, 1.165) is 0 Å².